The van der Waals surface area contributed by atoms with Crippen LogP contribution in [0, 0.1) is 0 Å². The molecule has 2 aliphatic heterocycles. The SMILES string of the molecule is CCC(=Nc1cnn(C2CNC2)c1)c1c(O)[nH]c2ccc(C(=O)NC[C@H]3CCCO3)cc12. The number of aromatic nitrogens is 3. The second kappa shape index (κ2) is 8.76. The molecule has 0 aliphatic carbocycles. The zero-order valence-electron chi connectivity index (χ0n) is 18.1. The number of fused-ring (bicyclic) bond motifs is 1. The molecule has 1 amide bonds. The molecule has 32 heavy (non-hydrogen) atoms. The number of carbonyl (C=O) groups is 1. The van der Waals surface area contributed by atoms with Crippen LogP contribution in [-0.2, 0) is 4.74 Å². The number of aromatic amines is 1. The topological polar surface area (TPSA) is 117 Å². The van der Waals surface area contributed by atoms with E-state index in [2.05, 4.69) is 20.7 Å². The van der Waals surface area contributed by atoms with Gasteiger partial charge in [0.1, 0.15) is 5.69 Å². The van der Waals surface area contributed by atoms with Gasteiger partial charge in [0.15, 0.2) is 5.88 Å². The van der Waals surface area contributed by atoms with Gasteiger partial charge in [-0.15, -0.1) is 0 Å². The van der Waals surface area contributed by atoms with Crippen LogP contribution in [0.15, 0.2) is 35.6 Å². The van der Waals surface area contributed by atoms with Gasteiger partial charge in [-0.3, -0.25) is 9.48 Å². The third-order valence-electron chi connectivity index (χ3n) is 6.16. The molecule has 0 unspecified atom stereocenters. The summed E-state index contributed by atoms with van der Waals surface area (Å²) in [5, 5.41) is 22.0. The summed E-state index contributed by atoms with van der Waals surface area (Å²) in [7, 11) is 0. The highest BCUT2D eigenvalue weighted by atomic mass is 16.5. The molecule has 1 aromatic carbocycles. The Hall–Kier alpha value is -3.17. The number of aliphatic imine (C=N–C) groups is 1. The first-order chi connectivity index (χ1) is 15.6. The van der Waals surface area contributed by atoms with Crippen molar-refractivity contribution in [2.24, 2.45) is 4.99 Å². The predicted octanol–water partition coefficient (Wildman–Crippen LogP) is 2.65. The van der Waals surface area contributed by atoms with E-state index in [1.54, 1.807) is 18.3 Å². The zero-order valence-corrected chi connectivity index (χ0v) is 18.1. The maximum absolute atomic E-state index is 12.7. The van der Waals surface area contributed by atoms with Gasteiger partial charge in [0.2, 0.25) is 0 Å². The van der Waals surface area contributed by atoms with Crippen LogP contribution in [0.2, 0.25) is 0 Å². The molecule has 2 aromatic heterocycles. The van der Waals surface area contributed by atoms with Gasteiger partial charge in [-0.2, -0.15) is 5.10 Å². The van der Waals surface area contributed by atoms with E-state index in [0.29, 0.717) is 30.1 Å². The average molecular weight is 437 g/mol. The predicted molar refractivity (Wildman–Crippen MR) is 122 cm³/mol. The Labute approximate surface area is 185 Å². The summed E-state index contributed by atoms with van der Waals surface area (Å²) in [6, 6.07) is 5.74. The fourth-order valence-corrected chi connectivity index (χ4v) is 4.24. The third kappa shape index (κ3) is 4.01. The smallest absolute Gasteiger partial charge is 0.251 e. The molecule has 0 bridgehead atoms. The highest BCUT2D eigenvalue weighted by molar-refractivity contribution is 6.14. The van der Waals surface area contributed by atoms with E-state index < -0.39 is 0 Å². The van der Waals surface area contributed by atoms with E-state index in [0.717, 1.165) is 54.8 Å². The molecule has 4 heterocycles. The molecule has 3 aromatic rings. The van der Waals surface area contributed by atoms with Crippen LogP contribution in [0.25, 0.3) is 10.9 Å². The summed E-state index contributed by atoms with van der Waals surface area (Å²) in [5.74, 6) is -0.104. The number of hydrogen-bond donors (Lipinski definition) is 4. The highest BCUT2D eigenvalue weighted by Crippen LogP contribution is 2.31. The van der Waals surface area contributed by atoms with Gasteiger partial charge in [-0.1, -0.05) is 6.92 Å². The molecule has 0 radical (unpaired) electrons. The number of nitrogens with zero attached hydrogens (tertiary/aromatic N) is 3. The zero-order chi connectivity index (χ0) is 22.1. The monoisotopic (exact) mass is 436 g/mol. The number of aromatic hydroxyl groups is 1. The molecule has 0 spiro atoms. The van der Waals surface area contributed by atoms with Gasteiger partial charge in [-0.05, 0) is 37.5 Å². The Bertz CT molecular complexity index is 1150. The minimum atomic E-state index is -0.153. The number of nitrogens with one attached hydrogen (secondary N) is 3. The van der Waals surface area contributed by atoms with Crippen LogP contribution in [0.5, 0.6) is 5.88 Å². The Kier molecular flexibility index (Phi) is 5.67. The van der Waals surface area contributed by atoms with Gasteiger partial charge in [0.05, 0.1) is 35.8 Å². The minimum absolute atomic E-state index is 0.0492. The van der Waals surface area contributed by atoms with E-state index >= 15 is 0 Å². The Balaban J connectivity index is 1.42. The van der Waals surface area contributed by atoms with Gasteiger partial charge < -0.3 is 25.5 Å². The van der Waals surface area contributed by atoms with Crippen molar-refractivity contribution in [3.8, 4) is 5.88 Å². The van der Waals surface area contributed by atoms with E-state index in [-0.39, 0.29) is 17.9 Å². The molecule has 4 N–H and O–H groups in total. The quantitative estimate of drug-likeness (QED) is 0.425. The minimum Gasteiger partial charge on any atom is -0.494 e. The molecule has 9 heteroatoms. The lowest BCUT2D eigenvalue weighted by molar-refractivity contribution is 0.0858. The van der Waals surface area contributed by atoms with Gasteiger partial charge in [0, 0.05) is 42.7 Å². The summed E-state index contributed by atoms with van der Waals surface area (Å²) >= 11 is 0. The first-order valence-corrected chi connectivity index (χ1v) is 11.2. The second-order valence-electron chi connectivity index (χ2n) is 8.36. The lowest BCUT2D eigenvalue weighted by atomic mass is 10.0. The highest BCUT2D eigenvalue weighted by Gasteiger charge is 2.21. The summed E-state index contributed by atoms with van der Waals surface area (Å²) in [4.78, 5) is 20.5. The van der Waals surface area contributed by atoms with Crippen molar-refractivity contribution >= 4 is 28.2 Å². The van der Waals surface area contributed by atoms with Crippen molar-refractivity contribution in [2.45, 2.75) is 38.3 Å². The van der Waals surface area contributed by atoms with Crippen molar-refractivity contribution in [3.05, 3.63) is 41.7 Å². The summed E-state index contributed by atoms with van der Waals surface area (Å²) in [6.07, 6.45) is 6.38. The summed E-state index contributed by atoms with van der Waals surface area (Å²) in [5.41, 5.74) is 3.39. The van der Waals surface area contributed by atoms with Crippen molar-refractivity contribution in [2.75, 3.05) is 26.2 Å². The molecule has 5 rings (SSSR count). The number of benzene rings is 1. The number of hydrogen-bond acceptors (Lipinski definition) is 6. The normalized spacial score (nSPS) is 19.4. The molecular weight excluding hydrogens is 408 g/mol. The molecule has 2 fully saturated rings. The Morgan fingerprint density at radius 1 is 1.41 bits per heavy atom. The van der Waals surface area contributed by atoms with Crippen molar-refractivity contribution < 1.29 is 14.6 Å². The lowest BCUT2D eigenvalue weighted by Gasteiger charge is -2.26. The lowest BCUT2D eigenvalue weighted by Crippen LogP contribution is -2.43. The standard InChI is InChI=1S/C23H28N6O3/c1-2-19(27-15-9-26-29(13-15)16-10-24-11-16)21-18-8-14(5-6-20(18)28-23(21)31)22(30)25-12-17-4-3-7-32-17/h5-6,8-9,13,16-17,24,28,31H,2-4,7,10-12H2,1H3,(H,25,30)/t17-/m1/s1. The number of carbonyl (C=O) groups excluding carboxylic acids is 1. The van der Waals surface area contributed by atoms with Gasteiger partial charge in [-0.25, -0.2) is 4.99 Å². The largest absolute Gasteiger partial charge is 0.494 e. The van der Waals surface area contributed by atoms with E-state index in [1.165, 1.54) is 0 Å². The molecule has 168 valence electrons. The third-order valence-corrected chi connectivity index (χ3v) is 6.16. The van der Waals surface area contributed by atoms with Crippen LogP contribution in [0.4, 0.5) is 5.69 Å². The average Bonchev–Trinajstić information content (AvgIpc) is 3.49. The van der Waals surface area contributed by atoms with E-state index in [4.69, 9.17) is 9.73 Å². The fraction of sp³-hybridized carbons (Fsp3) is 0.435. The number of amides is 1. The Morgan fingerprint density at radius 3 is 3.00 bits per heavy atom. The number of H-pyrrole nitrogens is 1. The molecule has 1 atom stereocenters. The van der Waals surface area contributed by atoms with Crippen LogP contribution in [0.3, 0.4) is 0 Å². The van der Waals surface area contributed by atoms with E-state index in [1.807, 2.05) is 23.9 Å². The maximum atomic E-state index is 12.7. The molecule has 9 nitrogen and oxygen atoms in total. The van der Waals surface area contributed by atoms with Crippen LogP contribution in [-0.4, -0.2) is 63.8 Å². The van der Waals surface area contributed by atoms with E-state index in [9.17, 15) is 9.90 Å². The second-order valence-corrected chi connectivity index (χ2v) is 8.36. The van der Waals surface area contributed by atoms with Crippen molar-refractivity contribution in [1.29, 1.82) is 0 Å². The van der Waals surface area contributed by atoms with Crippen LogP contribution in [0.1, 0.15) is 48.1 Å². The van der Waals surface area contributed by atoms with Crippen LogP contribution >= 0.6 is 0 Å². The first kappa shape index (κ1) is 20.7. The van der Waals surface area contributed by atoms with Crippen LogP contribution < -0.4 is 10.6 Å². The maximum Gasteiger partial charge on any atom is 0.251 e. The first-order valence-electron chi connectivity index (χ1n) is 11.2. The Morgan fingerprint density at radius 2 is 2.28 bits per heavy atom. The summed E-state index contributed by atoms with van der Waals surface area (Å²) < 4.78 is 7.51. The van der Waals surface area contributed by atoms with Gasteiger partial charge in [0.25, 0.3) is 5.91 Å². The molecular formula is C23H28N6O3. The molecule has 2 aliphatic rings. The molecule has 0 saturated carbocycles. The fourth-order valence-electron chi connectivity index (χ4n) is 4.24. The number of rotatable bonds is 7. The van der Waals surface area contributed by atoms with Crippen molar-refractivity contribution in [3.63, 3.8) is 0 Å². The van der Waals surface area contributed by atoms with Crippen molar-refractivity contribution in [1.82, 2.24) is 25.4 Å². The summed E-state index contributed by atoms with van der Waals surface area (Å²) in [6.45, 7) is 5.08. The number of ether oxygens (including phenoxy) is 1. The molecule has 2 saturated heterocycles. The van der Waals surface area contributed by atoms with Gasteiger partial charge >= 0.3 is 0 Å².